The number of pyridine rings is 1. The second kappa shape index (κ2) is 7.39. The molecule has 140 valence electrons. The van der Waals surface area contributed by atoms with Gasteiger partial charge in [0.2, 0.25) is 11.9 Å². The average Bonchev–Trinajstić information content (AvgIpc) is 3.13. The van der Waals surface area contributed by atoms with E-state index in [2.05, 4.69) is 69.0 Å². The van der Waals surface area contributed by atoms with Gasteiger partial charge in [-0.15, -0.1) is 10.2 Å². The van der Waals surface area contributed by atoms with Gasteiger partial charge in [-0.2, -0.15) is 0 Å². The third-order valence-electron chi connectivity index (χ3n) is 5.27. The van der Waals surface area contributed by atoms with Crippen molar-refractivity contribution in [3.8, 4) is 0 Å². The van der Waals surface area contributed by atoms with Crippen molar-refractivity contribution in [3.05, 3.63) is 59.3 Å². The van der Waals surface area contributed by atoms with Crippen LogP contribution in [0.5, 0.6) is 0 Å². The Bertz CT molecular complexity index is 947. The molecule has 6 heteroatoms. The first-order chi connectivity index (χ1) is 13.1. The van der Waals surface area contributed by atoms with Crippen molar-refractivity contribution in [2.45, 2.75) is 33.2 Å². The SMILES string of the molecule is Cc1ccc(CNC(=O)[C@@H]2CCCN(c3nnc4cccc(C)n34)C2)cc1. The molecule has 3 heterocycles. The zero-order valence-electron chi connectivity index (χ0n) is 15.9. The maximum atomic E-state index is 12.7. The summed E-state index contributed by atoms with van der Waals surface area (Å²) in [5, 5.41) is 11.8. The number of hydrogen-bond acceptors (Lipinski definition) is 4. The number of carbonyl (C=O) groups is 1. The molecule has 6 nitrogen and oxygen atoms in total. The number of carbonyl (C=O) groups excluding carboxylic acids is 1. The Balaban J connectivity index is 1.44. The topological polar surface area (TPSA) is 62.5 Å². The van der Waals surface area contributed by atoms with Gasteiger partial charge in [0.1, 0.15) is 0 Å². The van der Waals surface area contributed by atoms with E-state index in [1.165, 1.54) is 5.56 Å². The Morgan fingerprint density at radius 2 is 1.96 bits per heavy atom. The molecule has 1 saturated heterocycles. The molecule has 1 aliphatic heterocycles. The number of benzene rings is 1. The summed E-state index contributed by atoms with van der Waals surface area (Å²) < 4.78 is 2.06. The highest BCUT2D eigenvalue weighted by molar-refractivity contribution is 5.79. The van der Waals surface area contributed by atoms with E-state index >= 15 is 0 Å². The highest BCUT2D eigenvalue weighted by Crippen LogP contribution is 2.23. The predicted octanol–water partition coefficient (Wildman–Crippen LogP) is 2.88. The number of aromatic nitrogens is 3. The van der Waals surface area contributed by atoms with E-state index in [9.17, 15) is 4.79 Å². The van der Waals surface area contributed by atoms with Crippen LogP contribution in [0.3, 0.4) is 0 Å². The molecule has 1 amide bonds. The summed E-state index contributed by atoms with van der Waals surface area (Å²) in [6.45, 7) is 6.26. The molecule has 1 fully saturated rings. The third kappa shape index (κ3) is 3.65. The fraction of sp³-hybridized carbons (Fsp3) is 0.381. The standard InChI is InChI=1S/C21H25N5O/c1-15-8-10-17(11-9-15)13-22-20(27)18-6-4-12-25(14-18)21-24-23-19-7-3-5-16(2)26(19)21/h3,5,7-11,18H,4,6,12-14H2,1-2H3,(H,22,27)/t18-/m1/s1. The highest BCUT2D eigenvalue weighted by atomic mass is 16.1. The van der Waals surface area contributed by atoms with Crippen LogP contribution < -0.4 is 10.2 Å². The van der Waals surface area contributed by atoms with Gasteiger partial charge in [-0.25, -0.2) is 0 Å². The molecule has 0 aliphatic carbocycles. The zero-order valence-corrected chi connectivity index (χ0v) is 15.9. The van der Waals surface area contributed by atoms with Crippen LogP contribution in [-0.4, -0.2) is 33.6 Å². The summed E-state index contributed by atoms with van der Waals surface area (Å²) in [6.07, 6.45) is 1.88. The summed E-state index contributed by atoms with van der Waals surface area (Å²) in [5.41, 5.74) is 4.29. The van der Waals surface area contributed by atoms with Crippen LogP contribution >= 0.6 is 0 Å². The molecule has 1 atom stereocenters. The minimum Gasteiger partial charge on any atom is -0.352 e. The highest BCUT2D eigenvalue weighted by Gasteiger charge is 2.28. The van der Waals surface area contributed by atoms with E-state index in [4.69, 9.17) is 0 Å². The number of amides is 1. The van der Waals surface area contributed by atoms with Crippen LogP contribution in [-0.2, 0) is 11.3 Å². The first-order valence-corrected chi connectivity index (χ1v) is 9.51. The van der Waals surface area contributed by atoms with Crippen LogP contribution in [0.4, 0.5) is 5.95 Å². The molecular formula is C21H25N5O. The van der Waals surface area contributed by atoms with Gasteiger partial charge < -0.3 is 10.2 Å². The van der Waals surface area contributed by atoms with Crippen molar-refractivity contribution < 1.29 is 4.79 Å². The summed E-state index contributed by atoms with van der Waals surface area (Å²) in [6, 6.07) is 14.3. The molecule has 27 heavy (non-hydrogen) atoms. The maximum absolute atomic E-state index is 12.7. The first-order valence-electron chi connectivity index (χ1n) is 9.51. The van der Waals surface area contributed by atoms with Crippen LogP contribution in [0, 0.1) is 19.8 Å². The maximum Gasteiger partial charge on any atom is 0.231 e. The molecule has 1 aliphatic rings. The Labute approximate surface area is 159 Å². The summed E-state index contributed by atoms with van der Waals surface area (Å²) in [5.74, 6) is 0.922. The lowest BCUT2D eigenvalue weighted by Crippen LogP contribution is -2.43. The fourth-order valence-electron chi connectivity index (χ4n) is 3.70. The predicted molar refractivity (Wildman–Crippen MR) is 106 cm³/mol. The van der Waals surface area contributed by atoms with Crippen LogP contribution in [0.15, 0.2) is 42.5 Å². The van der Waals surface area contributed by atoms with Gasteiger partial charge in [-0.05, 0) is 44.4 Å². The van der Waals surface area contributed by atoms with Gasteiger partial charge in [0.25, 0.3) is 0 Å². The number of nitrogens with zero attached hydrogens (tertiary/aromatic N) is 4. The van der Waals surface area contributed by atoms with Crippen LogP contribution in [0.25, 0.3) is 5.65 Å². The minimum atomic E-state index is -0.0273. The monoisotopic (exact) mass is 363 g/mol. The van der Waals surface area contributed by atoms with Gasteiger partial charge in [0.05, 0.1) is 5.92 Å². The molecule has 3 aromatic rings. The Morgan fingerprint density at radius 1 is 1.15 bits per heavy atom. The quantitative estimate of drug-likeness (QED) is 0.774. The van der Waals surface area contributed by atoms with Crippen molar-refractivity contribution in [2.24, 2.45) is 5.92 Å². The van der Waals surface area contributed by atoms with Crippen molar-refractivity contribution >= 4 is 17.5 Å². The van der Waals surface area contributed by atoms with Crippen molar-refractivity contribution in [3.63, 3.8) is 0 Å². The summed E-state index contributed by atoms with van der Waals surface area (Å²) in [4.78, 5) is 14.9. The number of rotatable bonds is 4. The van der Waals surface area contributed by atoms with E-state index < -0.39 is 0 Å². The summed E-state index contributed by atoms with van der Waals surface area (Å²) in [7, 11) is 0. The molecule has 0 bridgehead atoms. The van der Waals surface area contributed by atoms with Gasteiger partial charge in [0.15, 0.2) is 5.65 Å². The lowest BCUT2D eigenvalue weighted by molar-refractivity contribution is -0.125. The number of nitrogens with one attached hydrogen (secondary N) is 1. The van der Waals surface area contributed by atoms with Gasteiger partial charge >= 0.3 is 0 Å². The Morgan fingerprint density at radius 3 is 2.78 bits per heavy atom. The van der Waals surface area contributed by atoms with Crippen molar-refractivity contribution in [1.82, 2.24) is 19.9 Å². The van der Waals surface area contributed by atoms with E-state index in [-0.39, 0.29) is 11.8 Å². The number of piperidine rings is 1. The molecule has 2 aromatic heterocycles. The lowest BCUT2D eigenvalue weighted by atomic mass is 9.97. The van der Waals surface area contributed by atoms with E-state index in [1.54, 1.807) is 0 Å². The molecular weight excluding hydrogens is 338 g/mol. The Hall–Kier alpha value is -2.89. The van der Waals surface area contributed by atoms with Gasteiger partial charge in [-0.1, -0.05) is 35.9 Å². The third-order valence-corrected chi connectivity index (χ3v) is 5.27. The van der Waals surface area contributed by atoms with E-state index in [0.29, 0.717) is 13.1 Å². The largest absolute Gasteiger partial charge is 0.352 e. The fourth-order valence-corrected chi connectivity index (χ4v) is 3.70. The average molecular weight is 363 g/mol. The van der Waals surface area contributed by atoms with Crippen LogP contribution in [0.1, 0.15) is 29.7 Å². The van der Waals surface area contributed by atoms with Gasteiger partial charge in [-0.3, -0.25) is 9.20 Å². The molecule has 0 unspecified atom stereocenters. The zero-order chi connectivity index (χ0) is 18.8. The smallest absolute Gasteiger partial charge is 0.231 e. The van der Waals surface area contributed by atoms with E-state index in [0.717, 1.165) is 42.2 Å². The number of fused-ring (bicyclic) bond motifs is 1. The molecule has 1 N–H and O–H groups in total. The molecule has 4 rings (SSSR count). The molecule has 1 aromatic carbocycles. The van der Waals surface area contributed by atoms with Crippen molar-refractivity contribution in [2.75, 3.05) is 18.0 Å². The van der Waals surface area contributed by atoms with Gasteiger partial charge in [0, 0.05) is 25.3 Å². The molecule has 0 spiro atoms. The number of hydrogen-bond donors (Lipinski definition) is 1. The first kappa shape index (κ1) is 17.5. The summed E-state index contributed by atoms with van der Waals surface area (Å²) >= 11 is 0. The van der Waals surface area contributed by atoms with E-state index in [1.807, 2.05) is 12.1 Å². The number of aryl methyl sites for hydroxylation is 2. The van der Waals surface area contributed by atoms with Crippen molar-refractivity contribution in [1.29, 1.82) is 0 Å². The Kier molecular flexibility index (Phi) is 4.79. The normalized spacial score (nSPS) is 17.3. The second-order valence-corrected chi connectivity index (χ2v) is 7.35. The number of anilines is 1. The minimum absolute atomic E-state index is 0.0273. The lowest BCUT2D eigenvalue weighted by Gasteiger charge is -2.32. The second-order valence-electron chi connectivity index (χ2n) is 7.35. The molecule has 0 saturated carbocycles. The molecule has 0 radical (unpaired) electrons. The van der Waals surface area contributed by atoms with Crippen LogP contribution in [0.2, 0.25) is 0 Å².